The van der Waals surface area contributed by atoms with Crippen LogP contribution in [0.15, 0.2) is 37.8 Å². The van der Waals surface area contributed by atoms with E-state index in [-0.39, 0.29) is 0 Å². The predicted molar refractivity (Wildman–Crippen MR) is 82.1 cm³/mol. The Morgan fingerprint density at radius 1 is 1.21 bits per heavy atom. The van der Waals surface area contributed by atoms with Crippen molar-refractivity contribution in [1.82, 2.24) is 15.5 Å². The number of nitrogens with zero attached hydrogens (tertiary/aromatic N) is 2. The van der Waals surface area contributed by atoms with Crippen LogP contribution in [-0.4, -0.2) is 22.5 Å². The van der Waals surface area contributed by atoms with Gasteiger partial charge in [0.15, 0.2) is 8.68 Å². The molecule has 19 heavy (non-hydrogen) atoms. The van der Waals surface area contributed by atoms with E-state index in [0.717, 1.165) is 21.3 Å². The molecule has 0 radical (unpaired) electrons. The Balaban J connectivity index is 1.58. The van der Waals surface area contributed by atoms with Gasteiger partial charge in [-0.05, 0) is 36.8 Å². The molecular weight excluding hydrogens is 294 g/mol. The summed E-state index contributed by atoms with van der Waals surface area (Å²) >= 11 is 4.97. The van der Waals surface area contributed by atoms with Crippen molar-refractivity contribution in [3.63, 3.8) is 0 Å². The molecule has 1 fully saturated rings. The fraction of sp³-hybridized carbons (Fsp3) is 0.385. The van der Waals surface area contributed by atoms with E-state index in [1.54, 1.807) is 34.9 Å². The maximum Gasteiger partial charge on any atom is 0.179 e. The topological polar surface area (TPSA) is 37.8 Å². The summed E-state index contributed by atoms with van der Waals surface area (Å²) in [5.74, 6) is 0. The maximum atomic E-state index is 4.17. The van der Waals surface area contributed by atoms with E-state index < -0.39 is 0 Å². The Kier molecular flexibility index (Phi) is 4.42. The molecule has 0 amide bonds. The van der Waals surface area contributed by atoms with Crippen LogP contribution in [0.4, 0.5) is 0 Å². The lowest BCUT2D eigenvalue weighted by molar-refractivity contribution is 0.687. The van der Waals surface area contributed by atoms with Crippen molar-refractivity contribution in [2.75, 3.05) is 6.26 Å². The van der Waals surface area contributed by atoms with Crippen LogP contribution in [0.2, 0.25) is 0 Å². The molecule has 0 bridgehead atoms. The zero-order valence-electron chi connectivity index (χ0n) is 10.6. The van der Waals surface area contributed by atoms with Gasteiger partial charge in [-0.25, -0.2) is 0 Å². The van der Waals surface area contributed by atoms with E-state index >= 15 is 0 Å². The molecule has 0 spiro atoms. The Bertz CT molecular complexity index is 534. The molecular formula is C13H15N3S3. The molecule has 1 N–H and O–H groups in total. The highest BCUT2D eigenvalue weighted by Crippen LogP contribution is 2.32. The van der Waals surface area contributed by atoms with Crippen molar-refractivity contribution in [1.29, 1.82) is 0 Å². The van der Waals surface area contributed by atoms with Gasteiger partial charge in [0.2, 0.25) is 0 Å². The fourth-order valence-electron chi connectivity index (χ4n) is 1.65. The molecule has 6 heteroatoms. The van der Waals surface area contributed by atoms with E-state index in [1.165, 1.54) is 23.3 Å². The quantitative estimate of drug-likeness (QED) is 0.824. The van der Waals surface area contributed by atoms with Gasteiger partial charge >= 0.3 is 0 Å². The molecule has 3 nitrogen and oxygen atoms in total. The van der Waals surface area contributed by atoms with Gasteiger partial charge in [-0.1, -0.05) is 47.0 Å². The molecule has 0 saturated heterocycles. The summed E-state index contributed by atoms with van der Waals surface area (Å²) in [6.07, 6.45) is 4.70. The second-order valence-electron chi connectivity index (χ2n) is 4.44. The minimum atomic E-state index is 0.764. The van der Waals surface area contributed by atoms with Crippen LogP contribution in [0, 0.1) is 0 Å². The second-order valence-corrected chi connectivity index (χ2v) is 7.79. The molecule has 2 aromatic rings. The molecule has 1 saturated carbocycles. The second kappa shape index (κ2) is 6.26. The average molecular weight is 309 g/mol. The zero-order valence-corrected chi connectivity index (χ0v) is 13.1. The van der Waals surface area contributed by atoms with Gasteiger partial charge < -0.3 is 5.32 Å². The van der Waals surface area contributed by atoms with Gasteiger partial charge in [-0.3, -0.25) is 0 Å². The SMILES string of the molecule is CSc1nnc(Sc2ccc(CNC3CC3)cc2)s1. The van der Waals surface area contributed by atoms with Crippen molar-refractivity contribution < 1.29 is 0 Å². The summed E-state index contributed by atoms with van der Waals surface area (Å²) in [6, 6.07) is 9.46. The molecule has 0 aliphatic heterocycles. The third-order valence-electron chi connectivity index (χ3n) is 2.86. The molecule has 100 valence electrons. The summed E-state index contributed by atoms with van der Waals surface area (Å²) in [7, 11) is 0. The molecule has 1 aromatic heterocycles. The van der Waals surface area contributed by atoms with Crippen LogP contribution in [-0.2, 0) is 6.54 Å². The number of nitrogens with one attached hydrogen (secondary N) is 1. The predicted octanol–water partition coefficient (Wildman–Crippen LogP) is 3.66. The van der Waals surface area contributed by atoms with Crippen LogP contribution in [0.1, 0.15) is 18.4 Å². The molecule has 3 rings (SSSR count). The Morgan fingerprint density at radius 2 is 1.95 bits per heavy atom. The van der Waals surface area contributed by atoms with Crippen molar-refractivity contribution in [2.45, 2.75) is 39.0 Å². The summed E-state index contributed by atoms with van der Waals surface area (Å²) in [5, 5.41) is 11.8. The number of hydrogen-bond donors (Lipinski definition) is 1. The molecule has 0 atom stereocenters. The zero-order chi connectivity index (χ0) is 13.1. The Hall–Kier alpha value is -0.560. The van der Waals surface area contributed by atoms with Gasteiger partial charge in [0, 0.05) is 17.5 Å². The summed E-state index contributed by atoms with van der Waals surface area (Å²) < 4.78 is 2.03. The van der Waals surface area contributed by atoms with Gasteiger partial charge in [-0.2, -0.15) is 0 Å². The van der Waals surface area contributed by atoms with Crippen LogP contribution < -0.4 is 5.32 Å². The lowest BCUT2D eigenvalue weighted by Gasteiger charge is -2.03. The first-order chi connectivity index (χ1) is 9.33. The van der Waals surface area contributed by atoms with Crippen LogP contribution >= 0.6 is 34.9 Å². The maximum absolute atomic E-state index is 4.17. The summed E-state index contributed by atoms with van der Waals surface area (Å²) in [5.41, 5.74) is 1.35. The average Bonchev–Trinajstić information content (AvgIpc) is 3.17. The minimum Gasteiger partial charge on any atom is -0.310 e. The van der Waals surface area contributed by atoms with Gasteiger partial charge in [-0.15, -0.1) is 10.2 Å². The first-order valence-electron chi connectivity index (χ1n) is 6.21. The van der Waals surface area contributed by atoms with Crippen LogP contribution in [0.5, 0.6) is 0 Å². The summed E-state index contributed by atoms with van der Waals surface area (Å²) in [6.45, 7) is 0.977. The molecule has 1 heterocycles. The number of thioether (sulfide) groups is 1. The highest BCUT2D eigenvalue weighted by Gasteiger charge is 2.19. The van der Waals surface area contributed by atoms with E-state index in [4.69, 9.17) is 0 Å². The number of benzene rings is 1. The lowest BCUT2D eigenvalue weighted by atomic mass is 10.2. The van der Waals surface area contributed by atoms with E-state index in [1.807, 2.05) is 6.26 Å². The van der Waals surface area contributed by atoms with Gasteiger partial charge in [0.1, 0.15) is 0 Å². The molecule has 1 aromatic carbocycles. The van der Waals surface area contributed by atoms with E-state index in [9.17, 15) is 0 Å². The van der Waals surface area contributed by atoms with Crippen molar-refractivity contribution in [3.8, 4) is 0 Å². The lowest BCUT2D eigenvalue weighted by Crippen LogP contribution is -2.14. The van der Waals surface area contributed by atoms with Crippen LogP contribution in [0.25, 0.3) is 0 Å². The third-order valence-corrected chi connectivity index (χ3v) is 5.82. The number of rotatable bonds is 6. The summed E-state index contributed by atoms with van der Waals surface area (Å²) in [4.78, 5) is 1.22. The Morgan fingerprint density at radius 3 is 2.58 bits per heavy atom. The first-order valence-corrected chi connectivity index (χ1v) is 9.07. The van der Waals surface area contributed by atoms with E-state index in [2.05, 4.69) is 39.8 Å². The van der Waals surface area contributed by atoms with Gasteiger partial charge in [0.25, 0.3) is 0 Å². The van der Waals surface area contributed by atoms with E-state index in [0.29, 0.717) is 0 Å². The minimum absolute atomic E-state index is 0.764. The molecule has 1 aliphatic carbocycles. The Labute approximate surface area is 125 Å². The van der Waals surface area contributed by atoms with Crippen molar-refractivity contribution >= 4 is 34.9 Å². The first kappa shape index (κ1) is 13.4. The third kappa shape index (κ3) is 3.95. The molecule has 0 unspecified atom stereocenters. The number of aromatic nitrogens is 2. The fourth-order valence-corrected chi connectivity index (χ4v) is 4.06. The van der Waals surface area contributed by atoms with Crippen LogP contribution in [0.3, 0.4) is 0 Å². The molecule has 1 aliphatic rings. The normalized spacial score (nSPS) is 14.8. The monoisotopic (exact) mass is 309 g/mol. The largest absolute Gasteiger partial charge is 0.310 e. The van der Waals surface area contributed by atoms with Gasteiger partial charge in [0.05, 0.1) is 0 Å². The van der Waals surface area contributed by atoms with Crippen molar-refractivity contribution in [3.05, 3.63) is 29.8 Å². The smallest absolute Gasteiger partial charge is 0.179 e. The number of hydrogen-bond acceptors (Lipinski definition) is 6. The highest BCUT2D eigenvalue weighted by atomic mass is 32.2. The highest BCUT2D eigenvalue weighted by molar-refractivity contribution is 8.03. The van der Waals surface area contributed by atoms with Crippen molar-refractivity contribution in [2.24, 2.45) is 0 Å². The standard InChI is InChI=1S/C13H15N3S3/c1-17-12-15-16-13(19-12)18-11-6-2-9(3-7-11)8-14-10-4-5-10/h2-3,6-7,10,14H,4-5,8H2,1H3.